The van der Waals surface area contributed by atoms with Crippen LogP contribution in [0.4, 0.5) is 13.2 Å². The molecule has 0 amide bonds. The zero-order valence-electron chi connectivity index (χ0n) is 9.38. The number of carbonyl (C=O) groups is 1. The van der Waals surface area contributed by atoms with Crippen molar-refractivity contribution in [2.45, 2.75) is 21.7 Å². The first-order valence-electron chi connectivity index (χ1n) is 4.85. The molecule has 1 aromatic rings. The number of thioether (sulfide) groups is 2. The van der Waals surface area contributed by atoms with Crippen molar-refractivity contribution in [3.05, 3.63) is 23.8 Å². The lowest BCUT2D eigenvalue weighted by Crippen LogP contribution is -2.05. The number of halogens is 4. The highest BCUT2D eigenvalue weighted by molar-refractivity contribution is 8.00. The molecule has 100 valence electrons. The Morgan fingerprint density at radius 1 is 1.28 bits per heavy atom. The lowest BCUT2D eigenvalue weighted by atomic mass is 10.1. The van der Waals surface area contributed by atoms with Gasteiger partial charge < -0.3 is 0 Å². The van der Waals surface area contributed by atoms with Gasteiger partial charge in [0.2, 0.25) is 0 Å². The van der Waals surface area contributed by atoms with Crippen LogP contribution in [-0.4, -0.2) is 23.4 Å². The van der Waals surface area contributed by atoms with Crippen LogP contribution in [0, 0.1) is 0 Å². The maximum absolute atomic E-state index is 12.3. The molecular weight excluding hydrogens is 305 g/mol. The smallest absolute Gasteiger partial charge is 0.298 e. The Labute approximate surface area is 116 Å². The molecule has 0 unspecified atom stereocenters. The van der Waals surface area contributed by atoms with Crippen molar-refractivity contribution in [2.75, 3.05) is 12.1 Å². The van der Waals surface area contributed by atoms with Crippen LogP contribution >= 0.6 is 35.1 Å². The van der Waals surface area contributed by atoms with Crippen LogP contribution in [0.15, 0.2) is 28.0 Å². The minimum absolute atomic E-state index is 0.0588. The molecule has 0 aliphatic rings. The van der Waals surface area contributed by atoms with Crippen LogP contribution in [-0.2, 0) is 11.2 Å². The lowest BCUT2D eigenvalue weighted by Gasteiger charge is -2.09. The average molecular weight is 315 g/mol. The molecule has 0 aliphatic carbocycles. The Bertz CT molecular complexity index is 435. The second-order valence-electron chi connectivity index (χ2n) is 3.41. The van der Waals surface area contributed by atoms with Gasteiger partial charge in [0.25, 0.3) is 0 Å². The molecule has 0 heterocycles. The molecule has 1 nitrogen and oxygen atoms in total. The normalized spacial score (nSPS) is 11.6. The molecule has 0 fully saturated rings. The topological polar surface area (TPSA) is 17.1 Å². The summed E-state index contributed by atoms with van der Waals surface area (Å²) in [4.78, 5) is 12.0. The summed E-state index contributed by atoms with van der Waals surface area (Å²) in [6.07, 6.45) is 1.83. The van der Waals surface area contributed by atoms with Crippen molar-refractivity contribution in [3.8, 4) is 0 Å². The minimum Gasteiger partial charge on any atom is -0.298 e. The van der Waals surface area contributed by atoms with Gasteiger partial charge >= 0.3 is 5.51 Å². The first-order valence-corrected chi connectivity index (χ1v) is 7.43. The number of benzene rings is 1. The average Bonchev–Trinajstić information content (AvgIpc) is 2.26. The fourth-order valence-corrected chi connectivity index (χ4v) is 2.66. The van der Waals surface area contributed by atoms with E-state index in [-0.39, 0.29) is 34.7 Å². The van der Waals surface area contributed by atoms with E-state index in [1.54, 1.807) is 12.3 Å². The van der Waals surface area contributed by atoms with Crippen LogP contribution in [0.25, 0.3) is 0 Å². The molecule has 0 saturated carbocycles. The molecule has 1 aromatic carbocycles. The van der Waals surface area contributed by atoms with Gasteiger partial charge in [-0.3, -0.25) is 4.79 Å². The van der Waals surface area contributed by atoms with E-state index in [9.17, 15) is 18.0 Å². The van der Waals surface area contributed by atoms with Gasteiger partial charge in [-0.1, -0.05) is 0 Å². The first kappa shape index (κ1) is 15.7. The molecule has 7 heteroatoms. The molecular formula is C11H10ClF3OS2. The number of alkyl halides is 4. The monoisotopic (exact) mass is 314 g/mol. The molecule has 1 rings (SSSR count). The van der Waals surface area contributed by atoms with Crippen molar-refractivity contribution in [1.82, 2.24) is 0 Å². The first-order chi connectivity index (χ1) is 8.34. The lowest BCUT2D eigenvalue weighted by molar-refractivity contribution is -0.116. The van der Waals surface area contributed by atoms with Crippen LogP contribution in [0.5, 0.6) is 0 Å². The quantitative estimate of drug-likeness (QED) is 0.593. The second-order valence-corrected chi connectivity index (χ2v) is 5.70. The summed E-state index contributed by atoms with van der Waals surface area (Å²) >= 11 is 6.54. The number of rotatable bonds is 5. The Hall–Kier alpha value is -0.330. The van der Waals surface area contributed by atoms with E-state index < -0.39 is 5.51 Å². The van der Waals surface area contributed by atoms with Crippen molar-refractivity contribution >= 4 is 40.9 Å². The van der Waals surface area contributed by atoms with Crippen molar-refractivity contribution < 1.29 is 18.0 Å². The van der Waals surface area contributed by atoms with E-state index in [1.165, 1.54) is 23.9 Å². The highest BCUT2D eigenvalue weighted by Crippen LogP contribution is 2.38. The Morgan fingerprint density at radius 3 is 2.39 bits per heavy atom. The summed E-state index contributed by atoms with van der Waals surface area (Å²) in [5, 5.41) is 0. The van der Waals surface area contributed by atoms with E-state index >= 15 is 0 Å². The molecule has 18 heavy (non-hydrogen) atoms. The molecule has 0 spiro atoms. The molecule has 0 bridgehead atoms. The third kappa shape index (κ3) is 5.54. The van der Waals surface area contributed by atoms with E-state index in [1.807, 2.05) is 0 Å². The summed E-state index contributed by atoms with van der Waals surface area (Å²) in [6.45, 7) is 0. The number of Topliss-reactive ketones (excluding diaryl/α,β-unsaturated/α-hetero) is 1. The van der Waals surface area contributed by atoms with Crippen molar-refractivity contribution in [2.24, 2.45) is 0 Å². The highest BCUT2D eigenvalue weighted by Gasteiger charge is 2.29. The van der Waals surface area contributed by atoms with Crippen molar-refractivity contribution in [3.63, 3.8) is 0 Å². The maximum atomic E-state index is 12.3. The van der Waals surface area contributed by atoms with Crippen LogP contribution in [0.3, 0.4) is 0 Å². The van der Waals surface area contributed by atoms with Gasteiger partial charge in [-0.2, -0.15) is 13.2 Å². The highest BCUT2D eigenvalue weighted by atomic mass is 35.5. The zero-order valence-corrected chi connectivity index (χ0v) is 11.8. The standard InChI is InChI=1S/C11H10ClF3OS2/c1-17-9-3-7(2-8(16)6-12)4-10(5-9)18-11(13,14)15/h3-5H,2,6H2,1H3. The fraction of sp³-hybridized carbons (Fsp3) is 0.364. The Morgan fingerprint density at radius 2 is 1.89 bits per heavy atom. The Balaban J connectivity index is 2.98. The van der Waals surface area contributed by atoms with E-state index in [0.717, 1.165) is 0 Å². The minimum atomic E-state index is -4.33. The molecule has 0 atom stereocenters. The molecule has 0 aliphatic heterocycles. The van der Waals surface area contributed by atoms with Gasteiger partial charge in [0.15, 0.2) is 5.78 Å². The molecule has 0 saturated heterocycles. The number of hydrogen-bond donors (Lipinski definition) is 0. The van der Waals surface area contributed by atoms with Gasteiger partial charge in [0.05, 0.1) is 5.88 Å². The summed E-state index contributed by atoms with van der Waals surface area (Å²) in [5.41, 5.74) is -3.77. The SMILES string of the molecule is CSc1cc(CC(=O)CCl)cc(SC(F)(F)F)c1. The summed E-state index contributed by atoms with van der Waals surface area (Å²) in [6, 6.07) is 4.54. The summed E-state index contributed by atoms with van der Waals surface area (Å²) in [5.74, 6) is -0.344. The third-order valence-electron chi connectivity index (χ3n) is 1.96. The molecule has 0 radical (unpaired) electrons. The van der Waals surface area contributed by atoms with Gasteiger partial charge in [-0.05, 0) is 41.8 Å². The van der Waals surface area contributed by atoms with Crippen LogP contribution in [0.1, 0.15) is 5.56 Å². The molecule has 0 N–H and O–H groups in total. The number of carbonyl (C=O) groups excluding carboxylic acids is 1. The summed E-state index contributed by atoms with van der Waals surface area (Å²) in [7, 11) is 0. The zero-order chi connectivity index (χ0) is 13.8. The number of ketones is 1. The summed E-state index contributed by atoms with van der Waals surface area (Å²) < 4.78 is 36.9. The predicted molar refractivity (Wildman–Crippen MR) is 69.6 cm³/mol. The Kier molecular flexibility index (Phi) is 5.88. The van der Waals surface area contributed by atoms with E-state index in [0.29, 0.717) is 10.5 Å². The second kappa shape index (κ2) is 6.73. The van der Waals surface area contributed by atoms with Gasteiger partial charge in [0, 0.05) is 16.2 Å². The number of hydrogen-bond acceptors (Lipinski definition) is 3. The largest absolute Gasteiger partial charge is 0.446 e. The van der Waals surface area contributed by atoms with E-state index in [2.05, 4.69) is 0 Å². The predicted octanol–water partition coefficient (Wildman–Crippen LogP) is 4.37. The van der Waals surface area contributed by atoms with Gasteiger partial charge in [0.1, 0.15) is 0 Å². The van der Waals surface area contributed by atoms with Crippen LogP contribution in [0.2, 0.25) is 0 Å². The fourth-order valence-electron chi connectivity index (χ4n) is 1.32. The third-order valence-corrected chi connectivity index (χ3v) is 3.67. The van der Waals surface area contributed by atoms with Gasteiger partial charge in [-0.25, -0.2) is 0 Å². The van der Waals surface area contributed by atoms with Gasteiger partial charge in [-0.15, -0.1) is 23.4 Å². The maximum Gasteiger partial charge on any atom is 0.446 e. The molecule has 0 aromatic heterocycles. The van der Waals surface area contributed by atoms with Crippen LogP contribution < -0.4 is 0 Å². The van der Waals surface area contributed by atoms with Crippen molar-refractivity contribution in [1.29, 1.82) is 0 Å². The van der Waals surface area contributed by atoms with E-state index in [4.69, 9.17) is 11.6 Å².